The van der Waals surface area contributed by atoms with Crippen LogP contribution in [0.5, 0.6) is 0 Å². The molecule has 4 atom stereocenters. The van der Waals surface area contributed by atoms with Crippen molar-refractivity contribution >= 4 is 34.4 Å². The molecule has 1 saturated heterocycles. The smallest absolute Gasteiger partial charge is 0.329 e. The minimum atomic E-state index is -0.385. The van der Waals surface area contributed by atoms with E-state index in [1.807, 2.05) is 67.6 Å². The highest BCUT2D eigenvalue weighted by Crippen LogP contribution is 2.47. The van der Waals surface area contributed by atoms with E-state index in [0.29, 0.717) is 31.8 Å². The quantitative estimate of drug-likeness (QED) is 0.303. The van der Waals surface area contributed by atoms with Gasteiger partial charge in [-0.25, -0.2) is 4.79 Å². The van der Waals surface area contributed by atoms with Gasteiger partial charge in [-0.3, -0.25) is 14.3 Å². The maximum atomic E-state index is 12.7. The second-order valence-electron chi connectivity index (χ2n) is 7.95. The lowest BCUT2D eigenvalue weighted by Crippen LogP contribution is -2.37. The van der Waals surface area contributed by atoms with Gasteiger partial charge < -0.3 is 9.47 Å². The molecule has 6 nitrogen and oxygen atoms in total. The molecule has 0 radical (unpaired) electrons. The maximum absolute atomic E-state index is 12.7. The third-order valence-corrected chi connectivity index (χ3v) is 9.07. The molecule has 33 heavy (non-hydrogen) atoms. The first-order chi connectivity index (χ1) is 16.1. The molecule has 0 spiro atoms. The molecule has 1 aromatic heterocycles. The number of hydrogen-bond acceptors (Lipinski definition) is 5. The standard InChI is InChI=1S/C25H27IN2O4S/c1-2-19-13-28(25(30)27-23(19)29)24-21(26)22(32-15-18-11-7-4-8-12-18)20(33-24)16-31-14-17-9-5-3-6-10-17/h3-13,20-22,24H,2,14-16H2,1H3,(H,27,29,30)/t20-,21+,22+,24+/m0/s1. The number of thioether (sulfide) groups is 1. The highest BCUT2D eigenvalue weighted by atomic mass is 127. The molecule has 2 aromatic carbocycles. The van der Waals surface area contributed by atoms with Gasteiger partial charge in [0.1, 0.15) is 0 Å². The fourth-order valence-corrected chi connectivity index (χ4v) is 7.23. The average Bonchev–Trinajstić information content (AvgIpc) is 3.14. The summed E-state index contributed by atoms with van der Waals surface area (Å²) < 4.78 is 14.1. The maximum Gasteiger partial charge on any atom is 0.329 e. The van der Waals surface area contributed by atoms with Gasteiger partial charge in [-0.15, -0.1) is 11.8 Å². The van der Waals surface area contributed by atoms with E-state index >= 15 is 0 Å². The summed E-state index contributed by atoms with van der Waals surface area (Å²) in [6, 6.07) is 20.1. The Kier molecular flexibility index (Phi) is 8.45. The number of H-pyrrole nitrogens is 1. The highest BCUT2D eigenvalue weighted by molar-refractivity contribution is 14.1. The number of benzene rings is 2. The van der Waals surface area contributed by atoms with Crippen molar-refractivity contribution in [2.24, 2.45) is 0 Å². The molecule has 8 heteroatoms. The van der Waals surface area contributed by atoms with Crippen LogP contribution in [0.4, 0.5) is 0 Å². The van der Waals surface area contributed by atoms with Crippen LogP contribution in [0.25, 0.3) is 0 Å². The molecule has 1 N–H and O–H groups in total. The molecule has 1 fully saturated rings. The molecule has 3 aromatic rings. The normalized spacial score (nSPS) is 22.5. The number of aromatic amines is 1. The molecule has 1 aliphatic rings. The molecule has 174 valence electrons. The van der Waals surface area contributed by atoms with Gasteiger partial charge in [0.15, 0.2) is 0 Å². The van der Waals surface area contributed by atoms with Gasteiger partial charge in [0.25, 0.3) is 5.56 Å². The monoisotopic (exact) mass is 578 g/mol. The van der Waals surface area contributed by atoms with E-state index in [2.05, 4.69) is 27.6 Å². The Hall–Kier alpha value is -1.88. The molecule has 0 saturated carbocycles. The fourth-order valence-electron chi connectivity index (χ4n) is 3.85. The lowest BCUT2D eigenvalue weighted by molar-refractivity contribution is 0.0190. The van der Waals surface area contributed by atoms with E-state index < -0.39 is 0 Å². The zero-order valence-corrected chi connectivity index (χ0v) is 21.3. The number of aryl methyl sites for hydroxylation is 1. The highest BCUT2D eigenvalue weighted by Gasteiger charge is 2.45. The van der Waals surface area contributed by atoms with Crippen LogP contribution in [0, 0.1) is 0 Å². The minimum absolute atomic E-state index is 0.0231. The van der Waals surface area contributed by atoms with E-state index in [1.54, 1.807) is 22.5 Å². The van der Waals surface area contributed by atoms with Crippen molar-refractivity contribution in [2.45, 2.75) is 47.2 Å². The molecular weight excluding hydrogens is 551 g/mol. The van der Waals surface area contributed by atoms with Crippen LogP contribution >= 0.6 is 34.4 Å². The Morgan fingerprint density at radius 2 is 1.64 bits per heavy atom. The van der Waals surface area contributed by atoms with Crippen LogP contribution in [0.2, 0.25) is 0 Å². The van der Waals surface area contributed by atoms with Crippen LogP contribution < -0.4 is 11.2 Å². The summed E-state index contributed by atoms with van der Waals surface area (Å²) in [5, 5.41) is -0.112. The molecule has 0 amide bonds. The Morgan fingerprint density at radius 1 is 1.00 bits per heavy atom. The number of nitrogens with one attached hydrogen (secondary N) is 1. The first-order valence-electron chi connectivity index (χ1n) is 11.0. The van der Waals surface area contributed by atoms with Crippen molar-refractivity contribution in [1.82, 2.24) is 9.55 Å². The summed E-state index contributed by atoms with van der Waals surface area (Å²) in [6.07, 6.45) is 2.16. The summed E-state index contributed by atoms with van der Waals surface area (Å²) >= 11 is 4.05. The fraction of sp³-hybridized carbons (Fsp3) is 0.360. The largest absolute Gasteiger partial charge is 0.376 e. The molecule has 0 bridgehead atoms. The van der Waals surface area contributed by atoms with Gasteiger partial charge >= 0.3 is 5.69 Å². The number of ether oxygens (including phenoxy) is 2. The minimum Gasteiger partial charge on any atom is -0.376 e. The SMILES string of the molecule is CCc1cn([C@@H]2S[C@@H](COCc3ccccc3)[C@@H](OCc3ccccc3)[C@H]2I)c(=O)[nH]c1=O. The van der Waals surface area contributed by atoms with Gasteiger partial charge in [-0.1, -0.05) is 90.2 Å². The molecule has 0 unspecified atom stereocenters. The predicted octanol–water partition coefficient (Wildman–Crippen LogP) is 4.32. The van der Waals surface area contributed by atoms with Gasteiger partial charge in [-0.05, 0) is 17.5 Å². The van der Waals surface area contributed by atoms with Crippen molar-refractivity contribution in [3.8, 4) is 0 Å². The van der Waals surface area contributed by atoms with Gasteiger partial charge in [0.05, 0.1) is 40.5 Å². The van der Waals surface area contributed by atoms with Crippen molar-refractivity contribution in [3.63, 3.8) is 0 Å². The lowest BCUT2D eigenvalue weighted by atomic mass is 10.1. The Balaban J connectivity index is 1.53. The van der Waals surface area contributed by atoms with E-state index in [0.717, 1.165) is 11.1 Å². The number of aromatic nitrogens is 2. The van der Waals surface area contributed by atoms with Crippen molar-refractivity contribution in [3.05, 3.63) is 104 Å². The Labute approximate surface area is 210 Å². The van der Waals surface area contributed by atoms with E-state index in [1.165, 1.54) is 0 Å². The van der Waals surface area contributed by atoms with E-state index in [9.17, 15) is 9.59 Å². The Morgan fingerprint density at radius 3 is 2.27 bits per heavy atom. The molecular formula is C25H27IN2O4S. The summed E-state index contributed by atoms with van der Waals surface area (Å²) in [4.78, 5) is 27.2. The second kappa shape index (κ2) is 11.5. The second-order valence-corrected chi connectivity index (χ2v) is 10.7. The number of alkyl halides is 1. The number of nitrogens with zero attached hydrogens (tertiary/aromatic N) is 1. The molecule has 0 aliphatic carbocycles. The third-order valence-electron chi connectivity index (χ3n) is 5.64. The van der Waals surface area contributed by atoms with Crippen LogP contribution in [0.1, 0.15) is 29.0 Å². The summed E-state index contributed by atoms with van der Waals surface area (Å²) in [6.45, 7) is 3.44. The molecule has 2 heterocycles. The summed E-state index contributed by atoms with van der Waals surface area (Å²) in [7, 11) is 0. The number of rotatable bonds is 9. The number of hydrogen-bond donors (Lipinski definition) is 1. The first kappa shape index (κ1) is 24.3. The van der Waals surface area contributed by atoms with E-state index in [-0.39, 0.29) is 31.9 Å². The van der Waals surface area contributed by atoms with Crippen LogP contribution in [0.3, 0.4) is 0 Å². The average molecular weight is 578 g/mol. The van der Waals surface area contributed by atoms with Crippen molar-refractivity contribution in [1.29, 1.82) is 0 Å². The van der Waals surface area contributed by atoms with Crippen molar-refractivity contribution in [2.75, 3.05) is 6.61 Å². The Bertz CT molecular complexity index is 1150. The zero-order chi connectivity index (χ0) is 23.2. The van der Waals surface area contributed by atoms with Gasteiger partial charge in [0, 0.05) is 11.8 Å². The summed E-state index contributed by atoms with van der Waals surface area (Å²) in [5.41, 5.74) is 2.13. The van der Waals surface area contributed by atoms with Gasteiger partial charge in [-0.2, -0.15) is 0 Å². The van der Waals surface area contributed by atoms with Gasteiger partial charge in [0.2, 0.25) is 0 Å². The zero-order valence-electron chi connectivity index (χ0n) is 18.4. The third kappa shape index (κ3) is 5.98. The van der Waals surface area contributed by atoms with E-state index in [4.69, 9.17) is 9.47 Å². The summed E-state index contributed by atoms with van der Waals surface area (Å²) in [5.74, 6) is 0. The molecule has 4 rings (SSSR count). The van der Waals surface area contributed by atoms with Crippen molar-refractivity contribution < 1.29 is 9.47 Å². The number of halogens is 1. The van der Waals surface area contributed by atoms with Crippen LogP contribution in [0.15, 0.2) is 76.4 Å². The van der Waals surface area contributed by atoms with Crippen LogP contribution in [-0.4, -0.2) is 31.4 Å². The first-order valence-corrected chi connectivity index (χ1v) is 13.2. The lowest BCUT2D eigenvalue weighted by Gasteiger charge is -2.22. The predicted molar refractivity (Wildman–Crippen MR) is 140 cm³/mol. The van der Waals surface area contributed by atoms with Crippen LogP contribution in [-0.2, 0) is 29.1 Å². The topological polar surface area (TPSA) is 73.3 Å². The molecule has 1 aliphatic heterocycles.